The zero-order valence-corrected chi connectivity index (χ0v) is 18.3. The third-order valence-electron chi connectivity index (χ3n) is 6.08. The van der Waals surface area contributed by atoms with E-state index in [4.69, 9.17) is 0 Å². The predicted octanol–water partition coefficient (Wildman–Crippen LogP) is 1.80. The summed E-state index contributed by atoms with van der Waals surface area (Å²) in [7, 11) is 0. The molecule has 9 nitrogen and oxygen atoms in total. The SMILES string of the molecule is O=C(NCC1CCCCN1CC(=O)N1CCN(c2ncccn2)CC1)Nc1ccccc1. The molecule has 0 aliphatic carbocycles. The van der Waals surface area contributed by atoms with E-state index in [2.05, 4.69) is 30.4 Å². The number of urea groups is 1. The molecule has 1 aromatic heterocycles. The third-order valence-corrected chi connectivity index (χ3v) is 6.08. The van der Waals surface area contributed by atoms with Crippen LogP contribution in [0.15, 0.2) is 48.8 Å². The maximum absolute atomic E-state index is 13.0. The fourth-order valence-corrected chi connectivity index (χ4v) is 4.29. The van der Waals surface area contributed by atoms with Crippen LogP contribution in [0.2, 0.25) is 0 Å². The minimum Gasteiger partial charge on any atom is -0.338 e. The lowest BCUT2D eigenvalue weighted by atomic mass is 10.0. The zero-order valence-electron chi connectivity index (χ0n) is 18.3. The number of para-hydroxylation sites is 1. The molecule has 2 N–H and O–H groups in total. The van der Waals surface area contributed by atoms with Crippen LogP contribution in [0.25, 0.3) is 0 Å². The molecule has 3 amide bonds. The Hall–Kier alpha value is -3.20. The number of amides is 3. The molecule has 1 unspecified atom stereocenters. The first-order chi connectivity index (χ1) is 15.7. The molecule has 3 heterocycles. The first kappa shape index (κ1) is 22.0. The summed E-state index contributed by atoms with van der Waals surface area (Å²) in [5.41, 5.74) is 0.765. The highest BCUT2D eigenvalue weighted by Gasteiger charge is 2.28. The molecule has 2 aliphatic heterocycles. The van der Waals surface area contributed by atoms with Crippen molar-refractivity contribution >= 4 is 23.6 Å². The Kier molecular flexibility index (Phi) is 7.50. The van der Waals surface area contributed by atoms with Gasteiger partial charge in [0, 0.05) is 56.8 Å². The molecule has 9 heteroatoms. The molecule has 32 heavy (non-hydrogen) atoms. The lowest BCUT2D eigenvalue weighted by molar-refractivity contribution is -0.133. The van der Waals surface area contributed by atoms with Crippen LogP contribution < -0.4 is 15.5 Å². The van der Waals surface area contributed by atoms with Gasteiger partial charge in [0.05, 0.1) is 6.54 Å². The van der Waals surface area contributed by atoms with Gasteiger partial charge in [-0.3, -0.25) is 9.69 Å². The Labute approximate surface area is 188 Å². The molecule has 0 saturated carbocycles. The molecule has 2 fully saturated rings. The standard InChI is InChI=1S/C23H31N7O2/c31-21(28-13-15-29(16-14-28)22-24-10-6-11-25-22)18-30-12-5-4-9-20(30)17-26-23(32)27-19-7-2-1-3-8-19/h1-3,6-8,10-11,20H,4-5,9,12-18H2,(H2,26,27,32). The second-order valence-electron chi connectivity index (χ2n) is 8.24. The van der Waals surface area contributed by atoms with Crippen molar-refractivity contribution < 1.29 is 9.59 Å². The maximum atomic E-state index is 13.0. The van der Waals surface area contributed by atoms with Crippen LogP contribution in [0.4, 0.5) is 16.4 Å². The molecule has 0 spiro atoms. The van der Waals surface area contributed by atoms with Crippen LogP contribution in [0, 0.1) is 0 Å². The molecule has 0 bridgehead atoms. The van der Waals surface area contributed by atoms with Crippen LogP contribution in [-0.2, 0) is 4.79 Å². The smallest absolute Gasteiger partial charge is 0.319 e. The van der Waals surface area contributed by atoms with Gasteiger partial charge in [-0.2, -0.15) is 0 Å². The molecule has 170 valence electrons. The summed E-state index contributed by atoms with van der Waals surface area (Å²) in [6.07, 6.45) is 6.67. The Bertz CT molecular complexity index is 872. The van der Waals surface area contributed by atoms with Crippen molar-refractivity contribution in [3.63, 3.8) is 0 Å². The monoisotopic (exact) mass is 437 g/mol. The van der Waals surface area contributed by atoms with Gasteiger partial charge in [-0.15, -0.1) is 0 Å². The quantitative estimate of drug-likeness (QED) is 0.716. The van der Waals surface area contributed by atoms with Crippen LogP contribution in [0.1, 0.15) is 19.3 Å². The summed E-state index contributed by atoms with van der Waals surface area (Å²) >= 11 is 0. The Balaban J connectivity index is 1.24. The number of hydrogen-bond acceptors (Lipinski definition) is 6. The summed E-state index contributed by atoms with van der Waals surface area (Å²) in [6.45, 7) is 4.64. The molecule has 1 aromatic carbocycles. The molecule has 0 radical (unpaired) electrons. The number of benzene rings is 1. The minimum absolute atomic E-state index is 0.152. The Morgan fingerprint density at radius 1 is 0.938 bits per heavy atom. The summed E-state index contributed by atoms with van der Waals surface area (Å²) in [5, 5.41) is 5.82. The second kappa shape index (κ2) is 10.9. The molecule has 4 rings (SSSR count). The average Bonchev–Trinajstić information content (AvgIpc) is 2.85. The van der Waals surface area contributed by atoms with E-state index in [-0.39, 0.29) is 18.0 Å². The third kappa shape index (κ3) is 5.94. The van der Waals surface area contributed by atoms with E-state index in [1.165, 1.54) is 0 Å². The number of hydrogen-bond donors (Lipinski definition) is 2. The number of piperidine rings is 1. The number of anilines is 2. The van der Waals surface area contributed by atoms with Gasteiger partial charge in [0.1, 0.15) is 0 Å². The van der Waals surface area contributed by atoms with Crippen molar-refractivity contribution in [3.05, 3.63) is 48.8 Å². The summed E-state index contributed by atoms with van der Waals surface area (Å²) in [5.74, 6) is 0.870. The second-order valence-corrected chi connectivity index (χ2v) is 8.24. The Morgan fingerprint density at radius 3 is 2.44 bits per heavy atom. The van der Waals surface area contributed by atoms with Gasteiger partial charge in [-0.1, -0.05) is 24.6 Å². The van der Waals surface area contributed by atoms with E-state index >= 15 is 0 Å². The number of carbonyl (C=O) groups excluding carboxylic acids is 2. The largest absolute Gasteiger partial charge is 0.338 e. The van der Waals surface area contributed by atoms with E-state index in [1.807, 2.05) is 35.2 Å². The van der Waals surface area contributed by atoms with Crippen molar-refractivity contribution in [2.75, 3.05) is 56.0 Å². The van der Waals surface area contributed by atoms with Crippen molar-refractivity contribution in [1.29, 1.82) is 0 Å². The van der Waals surface area contributed by atoms with Gasteiger partial charge in [0.15, 0.2) is 0 Å². The van der Waals surface area contributed by atoms with Crippen molar-refractivity contribution in [1.82, 2.24) is 25.1 Å². The van der Waals surface area contributed by atoms with E-state index < -0.39 is 0 Å². The predicted molar refractivity (Wildman–Crippen MR) is 124 cm³/mol. The van der Waals surface area contributed by atoms with Gasteiger partial charge in [-0.25, -0.2) is 14.8 Å². The van der Waals surface area contributed by atoms with Crippen LogP contribution in [0.3, 0.4) is 0 Å². The molecule has 2 aromatic rings. The molecule has 2 aliphatic rings. The highest BCUT2D eigenvalue weighted by atomic mass is 16.2. The van der Waals surface area contributed by atoms with Crippen molar-refractivity contribution in [2.45, 2.75) is 25.3 Å². The zero-order chi connectivity index (χ0) is 22.2. The number of carbonyl (C=O) groups is 2. The normalized spacial score (nSPS) is 19.4. The summed E-state index contributed by atoms with van der Waals surface area (Å²) in [6, 6.07) is 11.2. The highest BCUT2D eigenvalue weighted by Crippen LogP contribution is 2.17. The van der Waals surface area contributed by atoms with E-state index in [9.17, 15) is 9.59 Å². The van der Waals surface area contributed by atoms with E-state index in [0.717, 1.165) is 50.5 Å². The van der Waals surface area contributed by atoms with Gasteiger partial charge < -0.3 is 20.4 Å². The molecule has 1 atom stereocenters. The average molecular weight is 438 g/mol. The van der Waals surface area contributed by atoms with Crippen molar-refractivity contribution in [2.24, 2.45) is 0 Å². The number of rotatable bonds is 6. The number of aromatic nitrogens is 2. The van der Waals surface area contributed by atoms with E-state index in [1.54, 1.807) is 18.5 Å². The number of nitrogens with zero attached hydrogens (tertiary/aromatic N) is 5. The highest BCUT2D eigenvalue weighted by molar-refractivity contribution is 5.89. The maximum Gasteiger partial charge on any atom is 0.319 e. The van der Waals surface area contributed by atoms with Gasteiger partial charge >= 0.3 is 6.03 Å². The number of nitrogens with one attached hydrogen (secondary N) is 2. The van der Waals surface area contributed by atoms with Gasteiger partial charge in [0.2, 0.25) is 11.9 Å². The number of piperazine rings is 1. The van der Waals surface area contributed by atoms with Gasteiger partial charge in [-0.05, 0) is 37.6 Å². The molecular formula is C23H31N7O2. The summed E-state index contributed by atoms with van der Waals surface area (Å²) < 4.78 is 0. The van der Waals surface area contributed by atoms with Crippen LogP contribution >= 0.6 is 0 Å². The minimum atomic E-state index is -0.215. The Morgan fingerprint density at radius 2 is 1.69 bits per heavy atom. The first-order valence-electron chi connectivity index (χ1n) is 11.3. The topological polar surface area (TPSA) is 93.7 Å². The molecular weight excluding hydrogens is 406 g/mol. The number of likely N-dealkylation sites (tertiary alicyclic amines) is 1. The summed E-state index contributed by atoms with van der Waals surface area (Å²) in [4.78, 5) is 40.1. The van der Waals surface area contributed by atoms with Crippen LogP contribution in [-0.4, -0.2) is 83.6 Å². The van der Waals surface area contributed by atoms with Crippen molar-refractivity contribution in [3.8, 4) is 0 Å². The lowest BCUT2D eigenvalue weighted by Crippen LogP contribution is -2.54. The fraction of sp³-hybridized carbons (Fsp3) is 0.478. The lowest BCUT2D eigenvalue weighted by Gasteiger charge is -2.39. The van der Waals surface area contributed by atoms with Crippen LogP contribution in [0.5, 0.6) is 0 Å². The first-order valence-corrected chi connectivity index (χ1v) is 11.3. The molecule has 2 saturated heterocycles. The van der Waals surface area contributed by atoms with Gasteiger partial charge in [0.25, 0.3) is 0 Å². The fourth-order valence-electron chi connectivity index (χ4n) is 4.29. The van der Waals surface area contributed by atoms with E-state index in [0.29, 0.717) is 26.2 Å².